The van der Waals surface area contributed by atoms with Crippen LogP contribution in [0.1, 0.15) is 30.7 Å². The fourth-order valence-electron chi connectivity index (χ4n) is 2.42. The minimum atomic E-state index is -0.695. The maximum atomic E-state index is 12.2. The number of hydrogen-bond donors (Lipinski definition) is 1. The van der Waals surface area contributed by atoms with Gasteiger partial charge in [-0.1, -0.05) is 41.7 Å². The Balaban J connectivity index is 1.63. The Morgan fingerprint density at radius 3 is 2.63 bits per heavy atom. The smallest absolute Gasteiger partial charge is 0.338 e. The molecule has 30 heavy (non-hydrogen) atoms. The molecule has 10 nitrogen and oxygen atoms in total. The van der Waals surface area contributed by atoms with Crippen molar-refractivity contribution in [3.8, 4) is 5.75 Å². The van der Waals surface area contributed by atoms with Gasteiger partial charge in [-0.25, -0.2) is 4.79 Å². The molecule has 3 aromatic rings. The molecule has 11 heteroatoms. The van der Waals surface area contributed by atoms with Crippen LogP contribution in [0.4, 0.5) is 5.69 Å². The second kappa shape index (κ2) is 9.56. The van der Waals surface area contributed by atoms with Crippen molar-refractivity contribution in [2.24, 2.45) is 0 Å². The highest BCUT2D eigenvalue weighted by Crippen LogP contribution is 2.29. The average molecular weight is 428 g/mol. The summed E-state index contributed by atoms with van der Waals surface area (Å²) in [5, 5.41) is 22.2. The molecule has 1 heterocycles. The predicted molar refractivity (Wildman–Crippen MR) is 106 cm³/mol. The molecule has 0 saturated heterocycles. The number of aromatic nitrogens is 2. The summed E-state index contributed by atoms with van der Waals surface area (Å²) in [7, 11) is 1.18. The van der Waals surface area contributed by atoms with E-state index in [1.165, 1.54) is 19.2 Å². The number of benzene rings is 2. The van der Waals surface area contributed by atoms with E-state index in [1.54, 1.807) is 0 Å². The molecule has 0 aliphatic heterocycles. The maximum absolute atomic E-state index is 12.2. The molecular weight excluding hydrogens is 412 g/mol. The number of nitrogens with one attached hydrogen (secondary N) is 1. The van der Waals surface area contributed by atoms with Gasteiger partial charge in [0.15, 0.2) is 10.8 Å². The van der Waals surface area contributed by atoms with Crippen LogP contribution in [0.25, 0.3) is 0 Å². The number of nitro groups is 1. The second-order valence-corrected chi connectivity index (χ2v) is 6.95. The first kappa shape index (κ1) is 20.9. The molecule has 0 atom stereocenters. The van der Waals surface area contributed by atoms with Crippen LogP contribution >= 0.6 is 11.3 Å². The molecule has 1 N–H and O–H groups in total. The molecule has 0 fully saturated rings. The standard InChI is InChI=1S/C19H16N4O6S/c1-28-19(25)13-7-8-15(14(9-13)23(26)27)29-11-16-21-22-18(30-16)17(24)20-10-12-5-3-2-4-6-12/h2-9H,10-11H2,1H3,(H,20,24). The van der Waals surface area contributed by atoms with Gasteiger partial charge in [-0.3, -0.25) is 14.9 Å². The summed E-state index contributed by atoms with van der Waals surface area (Å²) < 4.78 is 10.0. The van der Waals surface area contributed by atoms with Crippen molar-refractivity contribution < 1.29 is 24.0 Å². The monoisotopic (exact) mass is 428 g/mol. The van der Waals surface area contributed by atoms with E-state index in [9.17, 15) is 19.7 Å². The number of amides is 1. The molecule has 2 aromatic carbocycles. The zero-order chi connectivity index (χ0) is 21.5. The van der Waals surface area contributed by atoms with E-state index in [2.05, 4.69) is 20.3 Å². The van der Waals surface area contributed by atoms with E-state index < -0.39 is 10.9 Å². The van der Waals surface area contributed by atoms with Gasteiger partial charge in [0, 0.05) is 12.6 Å². The summed E-state index contributed by atoms with van der Waals surface area (Å²) in [5.41, 5.74) is 0.592. The van der Waals surface area contributed by atoms with Crippen LogP contribution in [0.5, 0.6) is 5.75 Å². The van der Waals surface area contributed by atoms with Crippen LogP contribution in [0, 0.1) is 10.1 Å². The summed E-state index contributed by atoms with van der Waals surface area (Å²) in [6.07, 6.45) is 0. The third kappa shape index (κ3) is 5.14. The number of nitrogens with zero attached hydrogens (tertiary/aromatic N) is 3. The van der Waals surface area contributed by atoms with Crippen molar-refractivity contribution >= 4 is 28.9 Å². The van der Waals surface area contributed by atoms with E-state index in [-0.39, 0.29) is 34.5 Å². The summed E-state index contributed by atoms with van der Waals surface area (Å²) >= 11 is 1.02. The van der Waals surface area contributed by atoms with Crippen LogP contribution < -0.4 is 10.1 Å². The Kier molecular flexibility index (Phi) is 6.65. The Morgan fingerprint density at radius 1 is 1.17 bits per heavy atom. The SMILES string of the molecule is COC(=O)c1ccc(OCc2nnc(C(=O)NCc3ccccc3)s2)c([N+](=O)[O-])c1. The molecule has 3 rings (SSSR count). The number of esters is 1. The number of nitro benzene ring substituents is 1. The summed E-state index contributed by atoms with van der Waals surface area (Å²) in [6.45, 7) is 0.228. The number of hydrogen-bond acceptors (Lipinski definition) is 9. The van der Waals surface area contributed by atoms with Crippen LogP contribution in [-0.4, -0.2) is 34.1 Å². The van der Waals surface area contributed by atoms with Gasteiger partial charge in [0.05, 0.1) is 17.6 Å². The highest BCUT2D eigenvalue weighted by Gasteiger charge is 2.20. The second-order valence-electron chi connectivity index (χ2n) is 5.89. The molecule has 0 spiro atoms. The van der Waals surface area contributed by atoms with Gasteiger partial charge in [0.25, 0.3) is 5.91 Å². The first-order valence-corrected chi connectivity index (χ1v) is 9.43. The van der Waals surface area contributed by atoms with Gasteiger partial charge in [-0.05, 0) is 17.7 Å². The first-order chi connectivity index (χ1) is 14.5. The van der Waals surface area contributed by atoms with E-state index in [0.29, 0.717) is 11.6 Å². The predicted octanol–water partition coefficient (Wildman–Crippen LogP) is 2.74. The van der Waals surface area contributed by atoms with Gasteiger partial charge in [-0.15, -0.1) is 10.2 Å². The Labute approximate surface area is 174 Å². The van der Waals surface area contributed by atoms with Crippen molar-refractivity contribution in [1.82, 2.24) is 15.5 Å². The molecule has 1 aromatic heterocycles. The molecule has 0 radical (unpaired) electrons. The molecule has 0 aliphatic carbocycles. The topological polar surface area (TPSA) is 134 Å². The zero-order valence-corrected chi connectivity index (χ0v) is 16.5. The van der Waals surface area contributed by atoms with Crippen LogP contribution in [0.3, 0.4) is 0 Å². The number of ether oxygens (including phenoxy) is 2. The van der Waals surface area contributed by atoms with Gasteiger partial charge < -0.3 is 14.8 Å². The molecule has 1 amide bonds. The minimum absolute atomic E-state index is 0.0323. The lowest BCUT2D eigenvalue weighted by Crippen LogP contribution is -2.22. The quantitative estimate of drug-likeness (QED) is 0.329. The molecule has 0 bridgehead atoms. The Morgan fingerprint density at radius 2 is 1.93 bits per heavy atom. The summed E-state index contributed by atoms with van der Waals surface area (Å²) in [4.78, 5) is 34.4. The number of carbonyl (C=O) groups excluding carboxylic acids is 2. The molecule has 0 aliphatic rings. The Bertz CT molecular complexity index is 1070. The lowest BCUT2D eigenvalue weighted by molar-refractivity contribution is -0.386. The van der Waals surface area contributed by atoms with E-state index >= 15 is 0 Å². The fraction of sp³-hybridized carbons (Fsp3) is 0.158. The van der Waals surface area contributed by atoms with E-state index in [0.717, 1.165) is 23.0 Å². The molecule has 0 unspecified atom stereocenters. The van der Waals surface area contributed by atoms with Gasteiger partial charge in [-0.2, -0.15) is 0 Å². The first-order valence-electron chi connectivity index (χ1n) is 8.62. The van der Waals surface area contributed by atoms with Crippen molar-refractivity contribution in [2.75, 3.05) is 7.11 Å². The van der Waals surface area contributed by atoms with Crippen molar-refractivity contribution in [2.45, 2.75) is 13.2 Å². The van der Waals surface area contributed by atoms with Crippen LogP contribution in [0.2, 0.25) is 0 Å². The van der Waals surface area contributed by atoms with Crippen LogP contribution in [-0.2, 0) is 17.9 Å². The molecule has 154 valence electrons. The lowest BCUT2D eigenvalue weighted by atomic mass is 10.2. The Hall–Kier alpha value is -3.86. The summed E-state index contributed by atoms with van der Waals surface area (Å²) in [5.74, 6) is -1.12. The van der Waals surface area contributed by atoms with Crippen molar-refractivity contribution in [1.29, 1.82) is 0 Å². The summed E-state index contributed by atoms with van der Waals surface area (Å²) in [6, 6.07) is 13.1. The third-order valence-electron chi connectivity index (χ3n) is 3.88. The highest BCUT2D eigenvalue weighted by molar-refractivity contribution is 7.13. The normalized spacial score (nSPS) is 10.3. The van der Waals surface area contributed by atoms with Gasteiger partial charge >= 0.3 is 11.7 Å². The minimum Gasteiger partial charge on any atom is -0.479 e. The third-order valence-corrected chi connectivity index (χ3v) is 4.78. The number of rotatable bonds is 8. The number of methoxy groups -OCH3 is 1. The van der Waals surface area contributed by atoms with E-state index in [4.69, 9.17) is 4.74 Å². The largest absolute Gasteiger partial charge is 0.479 e. The zero-order valence-electron chi connectivity index (χ0n) is 15.7. The van der Waals surface area contributed by atoms with Gasteiger partial charge in [0.2, 0.25) is 5.01 Å². The average Bonchev–Trinajstić information content (AvgIpc) is 3.25. The lowest BCUT2D eigenvalue weighted by Gasteiger charge is -2.06. The van der Waals surface area contributed by atoms with Crippen molar-refractivity contribution in [3.05, 3.63) is 79.8 Å². The van der Waals surface area contributed by atoms with Crippen molar-refractivity contribution in [3.63, 3.8) is 0 Å². The highest BCUT2D eigenvalue weighted by atomic mass is 32.1. The molecular formula is C19H16N4O6S. The van der Waals surface area contributed by atoms with E-state index in [1.807, 2.05) is 30.3 Å². The van der Waals surface area contributed by atoms with Gasteiger partial charge in [0.1, 0.15) is 6.61 Å². The van der Waals surface area contributed by atoms with Crippen LogP contribution in [0.15, 0.2) is 48.5 Å². The number of carbonyl (C=O) groups is 2. The molecule has 0 saturated carbocycles. The maximum Gasteiger partial charge on any atom is 0.338 e. The fourth-order valence-corrected chi connectivity index (χ4v) is 3.09.